The monoisotopic (exact) mass is 415 g/mol. The van der Waals surface area contributed by atoms with E-state index < -0.39 is 0 Å². The van der Waals surface area contributed by atoms with Gasteiger partial charge in [0.15, 0.2) is 11.5 Å². The van der Waals surface area contributed by atoms with Crippen LogP contribution >= 0.6 is 0 Å². The highest BCUT2D eigenvalue weighted by atomic mass is 16.5. The fraction of sp³-hybridized carbons (Fsp3) is 0.192. The van der Waals surface area contributed by atoms with Gasteiger partial charge in [0.2, 0.25) is 0 Å². The number of fused-ring (bicyclic) bond motifs is 2. The number of hydrogen-bond donors (Lipinski definition) is 0. The fourth-order valence-corrected chi connectivity index (χ4v) is 3.62. The van der Waals surface area contributed by atoms with Crippen LogP contribution in [0.1, 0.15) is 17.5 Å². The van der Waals surface area contributed by atoms with Gasteiger partial charge in [-0.25, -0.2) is 4.79 Å². The van der Waals surface area contributed by atoms with Crippen molar-refractivity contribution in [3.05, 3.63) is 84.4 Å². The molecule has 0 saturated heterocycles. The van der Waals surface area contributed by atoms with Gasteiger partial charge in [-0.2, -0.15) is 0 Å². The Bertz CT molecular complexity index is 1100. The Morgan fingerprint density at radius 2 is 1.74 bits per heavy atom. The molecule has 0 saturated carbocycles. The van der Waals surface area contributed by atoms with Gasteiger partial charge in [-0.1, -0.05) is 24.8 Å². The Hall–Kier alpha value is -3.73. The van der Waals surface area contributed by atoms with Crippen molar-refractivity contribution >= 4 is 23.0 Å². The van der Waals surface area contributed by atoms with Crippen molar-refractivity contribution in [3.8, 4) is 17.2 Å². The topological polar surface area (TPSA) is 48.0 Å². The molecule has 0 spiro atoms. The molecule has 0 fully saturated rings. The van der Waals surface area contributed by atoms with E-state index in [0.29, 0.717) is 6.61 Å². The Labute approximate surface area is 182 Å². The number of anilines is 3. The molecule has 5 nitrogen and oxygen atoms in total. The van der Waals surface area contributed by atoms with Crippen LogP contribution in [0.25, 0.3) is 0 Å². The molecular formula is C26H25NO4. The summed E-state index contributed by atoms with van der Waals surface area (Å²) in [6.07, 6.45) is 2.78. The first-order valence-corrected chi connectivity index (χ1v) is 10.2. The lowest BCUT2D eigenvalue weighted by Crippen LogP contribution is -2.16. The Balaban J connectivity index is 1.60. The Morgan fingerprint density at radius 3 is 2.45 bits per heavy atom. The highest BCUT2D eigenvalue weighted by molar-refractivity contribution is 5.86. The SMILES string of the molecule is C=CC(=O)OCCCc1ccc(N2c3ccc(C)cc3Oc3cc(OC)ccc32)cc1. The molecule has 3 aromatic carbocycles. The number of hydrogen-bond acceptors (Lipinski definition) is 5. The molecule has 1 aliphatic rings. The minimum atomic E-state index is -0.383. The van der Waals surface area contributed by atoms with E-state index in [4.69, 9.17) is 14.2 Å². The first-order valence-electron chi connectivity index (χ1n) is 10.2. The van der Waals surface area contributed by atoms with Crippen LogP contribution in [-0.2, 0) is 16.0 Å². The van der Waals surface area contributed by atoms with Gasteiger partial charge in [0.05, 0.1) is 25.1 Å². The number of rotatable bonds is 7. The predicted octanol–water partition coefficient (Wildman–Crippen LogP) is 6.24. The van der Waals surface area contributed by atoms with Crippen LogP contribution in [0.15, 0.2) is 73.3 Å². The van der Waals surface area contributed by atoms with Gasteiger partial charge in [0.25, 0.3) is 0 Å². The van der Waals surface area contributed by atoms with Gasteiger partial charge in [-0.05, 0) is 67.3 Å². The zero-order valence-corrected chi connectivity index (χ0v) is 17.8. The third-order valence-corrected chi connectivity index (χ3v) is 5.20. The van der Waals surface area contributed by atoms with E-state index in [2.05, 4.69) is 54.8 Å². The average molecular weight is 415 g/mol. The summed E-state index contributed by atoms with van der Waals surface area (Å²) in [5.41, 5.74) is 5.32. The highest BCUT2D eigenvalue weighted by Crippen LogP contribution is 2.51. The van der Waals surface area contributed by atoms with Crippen molar-refractivity contribution < 1.29 is 19.0 Å². The molecule has 3 aromatic rings. The van der Waals surface area contributed by atoms with Crippen LogP contribution in [0.3, 0.4) is 0 Å². The maximum absolute atomic E-state index is 11.1. The third-order valence-electron chi connectivity index (χ3n) is 5.20. The average Bonchev–Trinajstić information content (AvgIpc) is 2.80. The Morgan fingerprint density at radius 1 is 1.03 bits per heavy atom. The van der Waals surface area contributed by atoms with Gasteiger partial charge >= 0.3 is 5.97 Å². The van der Waals surface area contributed by atoms with Crippen molar-refractivity contribution in [1.82, 2.24) is 0 Å². The van der Waals surface area contributed by atoms with E-state index in [0.717, 1.165) is 52.7 Å². The second-order valence-corrected chi connectivity index (χ2v) is 7.38. The third kappa shape index (κ3) is 4.40. The fourth-order valence-electron chi connectivity index (χ4n) is 3.62. The van der Waals surface area contributed by atoms with Crippen LogP contribution in [0.5, 0.6) is 17.2 Å². The van der Waals surface area contributed by atoms with Gasteiger partial charge < -0.3 is 19.1 Å². The summed E-state index contributed by atoms with van der Waals surface area (Å²) in [6.45, 7) is 5.84. The molecule has 0 bridgehead atoms. The second kappa shape index (κ2) is 8.96. The molecule has 1 aliphatic heterocycles. The van der Waals surface area contributed by atoms with Gasteiger partial charge in [0.1, 0.15) is 5.75 Å². The van der Waals surface area contributed by atoms with E-state index in [1.807, 2.05) is 24.3 Å². The zero-order valence-electron chi connectivity index (χ0n) is 17.8. The maximum Gasteiger partial charge on any atom is 0.330 e. The molecule has 0 N–H and O–H groups in total. The number of carbonyl (C=O) groups is 1. The summed E-state index contributed by atoms with van der Waals surface area (Å²) in [5, 5.41) is 0. The van der Waals surface area contributed by atoms with Crippen LogP contribution in [-0.4, -0.2) is 19.7 Å². The van der Waals surface area contributed by atoms with Crippen molar-refractivity contribution in [3.63, 3.8) is 0 Å². The number of aryl methyl sites for hydroxylation is 2. The van der Waals surface area contributed by atoms with Crippen LogP contribution < -0.4 is 14.4 Å². The standard InChI is InChI=1S/C26H25NO4/c1-4-26(28)30-15-5-6-19-8-10-20(11-9-19)27-22-13-7-18(2)16-24(22)31-25-17-21(29-3)12-14-23(25)27/h4,7-14,16-17H,1,5-6,15H2,2-3H3. The molecule has 5 heteroatoms. The Kier molecular flexibility index (Phi) is 5.94. The molecular weight excluding hydrogens is 390 g/mol. The molecule has 0 radical (unpaired) electrons. The van der Waals surface area contributed by atoms with Gasteiger partial charge in [0, 0.05) is 17.8 Å². The molecule has 0 amide bonds. The van der Waals surface area contributed by atoms with E-state index in [1.165, 1.54) is 11.6 Å². The molecule has 0 aliphatic carbocycles. The van der Waals surface area contributed by atoms with E-state index in [1.54, 1.807) is 7.11 Å². The van der Waals surface area contributed by atoms with Crippen molar-refractivity contribution in [2.45, 2.75) is 19.8 Å². The smallest absolute Gasteiger partial charge is 0.330 e. The molecule has 0 unspecified atom stereocenters. The number of carbonyl (C=O) groups excluding carboxylic acids is 1. The van der Waals surface area contributed by atoms with Crippen LogP contribution in [0.4, 0.5) is 17.1 Å². The summed E-state index contributed by atoms with van der Waals surface area (Å²) in [4.78, 5) is 13.3. The maximum atomic E-state index is 11.1. The van der Waals surface area contributed by atoms with E-state index in [-0.39, 0.29) is 5.97 Å². The van der Waals surface area contributed by atoms with Crippen molar-refractivity contribution in [2.24, 2.45) is 0 Å². The first kappa shape index (κ1) is 20.5. The molecule has 0 aromatic heterocycles. The lowest BCUT2D eigenvalue weighted by atomic mass is 10.1. The summed E-state index contributed by atoms with van der Waals surface area (Å²) in [7, 11) is 1.65. The molecule has 0 atom stereocenters. The number of nitrogens with zero attached hydrogens (tertiary/aromatic N) is 1. The number of esters is 1. The largest absolute Gasteiger partial charge is 0.497 e. The quantitative estimate of drug-likeness (QED) is 0.203. The second-order valence-electron chi connectivity index (χ2n) is 7.38. The van der Waals surface area contributed by atoms with Crippen LogP contribution in [0.2, 0.25) is 0 Å². The number of benzene rings is 3. The van der Waals surface area contributed by atoms with E-state index in [9.17, 15) is 4.79 Å². The van der Waals surface area contributed by atoms with Crippen molar-refractivity contribution in [1.29, 1.82) is 0 Å². The van der Waals surface area contributed by atoms with Gasteiger partial charge in [-0.15, -0.1) is 0 Å². The minimum absolute atomic E-state index is 0.383. The molecule has 4 rings (SSSR count). The van der Waals surface area contributed by atoms with Crippen molar-refractivity contribution in [2.75, 3.05) is 18.6 Å². The minimum Gasteiger partial charge on any atom is -0.497 e. The summed E-state index contributed by atoms with van der Waals surface area (Å²) >= 11 is 0. The normalized spacial score (nSPS) is 11.7. The zero-order chi connectivity index (χ0) is 21.8. The summed E-state index contributed by atoms with van der Waals surface area (Å²) < 4.78 is 16.6. The van der Waals surface area contributed by atoms with Crippen LogP contribution in [0, 0.1) is 6.92 Å². The summed E-state index contributed by atoms with van der Waals surface area (Å²) in [6, 6.07) is 20.5. The predicted molar refractivity (Wildman–Crippen MR) is 122 cm³/mol. The van der Waals surface area contributed by atoms with Gasteiger partial charge in [-0.3, -0.25) is 0 Å². The summed E-state index contributed by atoms with van der Waals surface area (Å²) in [5.74, 6) is 1.94. The first-order chi connectivity index (χ1) is 15.1. The lowest BCUT2D eigenvalue weighted by Gasteiger charge is -2.33. The molecule has 1 heterocycles. The number of methoxy groups -OCH3 is 1. The molecule has 31 heavy (non-hydrogen) atoms. The highest BCUT2D eigenvalue weighted by Gasteiger charge is 2.26. The lowest BCUT2D eigenvalue weighted by molar-refractivity contribution is -0.137. The molecule has 158 valence electrons. The van der Waals surface area contributed by atoms with E-state index >= 15 is 0 Å². The number of ether oxygens (including phenoxy) is 3.